The minimum atomic E-state index is -1.48. The summed E-state index contributed by atoms with van der Waals surface area (Å²) in [7, 11) is -1.48. The third-order valence-corrected chi connectivity index (χ3v) is 9.32. The van der Waals surface area contributed by atoms with Gasteiger partial charge in [0, 0.05) is 11.4 Å². The lowest BCUT2D eigenvalue weighted by molar-refractivity contribution is -0.139. The number of carbonyl (C=O) groups excluding carboxylic acids is 2. The zero-order valence-electron chi connectivity index (χ0n) is 18.6. The topological polar surface area (TPSA) is 64.6 Å². The van der Waals surface area contributed by atoms with Crippen molar-refractivity contribution in [2.24, 2.45) is 0 Å². The highest BCUT2D eigenvalue weighted by Gasteiger charge is 2.38. The monoisotopic (exact) mass is 415 g/mol. The Labute approximate surface area is 175 Å². The molecule has 1 aliphatic heterocycles. The molecule has 0 saturated carbocycles. The number of hydrogen-bond donors (Lipinski definition) is 1. The summed E-state index contributed by atoms with van der Waals surface area (Å²) in [6.45, 7) is 14.7. The van der Waals surface area contributed by atoms with Crippen LogP contribution in [0.3, 0.4) is 0 Å². The molecule has 0 aliphatic carbocycles. The Balaban J connectivity index is 2.61. The van der Waals surface area contributed by atoms with Gasteiger partial charge in [-0.15, -0.1) is 0 Å². The summed E-state index contributed by atoms with van der Waals surface area (Å²) < 4.78 is 10.6. The van der Waals surface area contributed by atoms with E-state index in [4.69, 9.17) is 9.47 Å². The third-order valence-electron chi connectivity index (χ3n) is 5.66. The van der Waals surface area contributed by atoms with Crippen LogP contribution >= 0.6 is 0 Å². The SMILES string of the molecule is CCOC(=O)C1=C(C)NC(C)=C(C(=O)OCC)C1c1ccc([Si](C)(C)CC)cc1. The average Bonchev–Trinajstić information content (AvgIpc) is 2.67. The van der Waals surface area contributed by atoms with Crippen molar-refractivity contribution in [1.29, 1.82) is 0 Å². The predicted octanol–water partition coefficient (Wildman–Crippen LogP) is 3.98. The third kappa shape index (κ3) is 4.81. The Morgan fingerprint density at radius 1 is 0.897 bits per heavy atom. The van der Waals surface area contributed by atoms with Gasteiger partial charge in [-0.25, -0.2) is 9.59 Å². The molecule has 1 aliphatic rings. The van der Waals surface area contributed by atoms with Crippen LogP contribution in [-0.4, -0.2) is 33.2 Å². The normalized spacial score (nSPS) is 15.3. The highest BCUT2D eigenvalue weighted by Crippen LogP contribution is 2.39. The molecule has 0 unspecified atom stereocenters. The summed E-state index contributed by atoms with van der Waals surface area (Å²) in [6, 6.07) is 9.51. The van der Waals surface area contributed by atoms with Crippen molar-refractivity contribution in [3.8, 4) is 0 Å². The van der Waals surface area contributed by atoms with Gasteiger partial charge in [0.15, 0.2) is 0 Å². The molecule has 0 fully saturated rings. The lowest BCUT2D eigenvalue weighted by atomic mass is 9.80. The first-order valence-corrected chi connectivity index (χ1v) is 13.5. The number of hydrogen-bond acceptors (Lipinski definition) is 5. The number of rotatable bonds is 7. The van der Waals surface area contributed by atoms with Gasteiger partial charge < -0.3 is 14.8 Å². The summed E-state index contributed by atoms with van der Waals surface area (Å²) in [4.78, 5) is 25.6. The van der Waals surface area contributed by atoms with E-state index in [1.807, 2.05) is 26.0 Å². The maximum Gasteiger partial charge on any atom is 0.336 e. The second-order valence-corrected chi connectivity index (χ2v) is 13.0. The van der Waals surface area contributed by atoms with Crippen LogP contribution in [0.5, 0.6) is 0 Å². The number of allylic oxidation sites excluding steroid dienone is 2. The quantitative estimate of drug-likeness (QED) is 0.539. The van der Waals surface area contributed by atoms with Gasteiger partial charge in [-0.05, 0) is 33.3 Å². The van der Waals surface area contributed by atoms with Gasteiger partial charge in [0.05, 0.1) is 38.4 Å². The Kier molecular flexibility index (Phi) is 7.46. The standard InChI is InChI=1S/C23H33NO4Si/c1-8-27-22(25)19-15(4)24-16(5)20(23(26)28-9-2)21(19)17-11-13-18(14-12-17)29(6,7)10-3/h11-14,21,24H,8-10H2,1-7H3. The second kappa shape index (κ2) is 9.44. The molecule has 1 aromatic rings. The van der Waals surface area contributed by atoms with Gasteiger partial charge in [0.25, 0.3) is 0 Å². The molecular weight excluding hydrogens is 382 g/mol. The molecule has 1 N–H and O–H groups in total. The highest BCUT2D eigenvalue weighted by molar-refractivity contribution is 6.89. The number of ether oxygens (including phenoxy) is 2. The molecule has 29 heavy (non-hydrogen) atoms. The van der Waals surface area contributed by atoms with Crippen LogP contribution in [0, 0.1) is 0 Å². The number of dihydropyridines is 1. The van der Waals surface area contributed by atoms with E-state index in [0.717, 1.165) is 11.6 Å². The first-order valence-electron chi connectivity index (χ1n) is 10.3. The first-order chi connectivity index (χ1) is 13.7. The Bertz CT molecular complexity index is 797. The molecule has 2 rings (SSSR count). The molecule has 5 nitrogen and oxygen atoms in total. The molecule has 0 atom stereocenters. The van der Waals surface area contributed by atoms with Gasteiger partial charge in [-0.3, -0.25) is 0 Å². The van der Waals surface area contributed by atoms with E-state index in [1.54, 1.807) is 13.8 Å². The summed E-state index contributed by atoms with van der Waals surface area (Å²) in [5.74, 6) is -1.34. The number of esters is 2. The molecule has 0 radical (unpaired) electrons. The van der Waals surface area contributed by atoms with E-state index >= 15 is 0 Å². The van der Waals surface area contributed by atoms with Crippen molar-refractivity contribution in [1.82, 2.24) is 5.32 Å². The molecule has 0 aromatic heterocycles. The molecule has 0 saturated heterocycles. The van der Waals surface area contributed by atoms with Crippen LogP contribution in [0.1, 0.15) is 46.1 Å². The van der Waals surface area contributed by atoms with Gasteiger partial charge in [-0.2, -0.15) is 0 Å². The minimum absolute atomic E-state index is 0.273. The maximum atomic E-state index is 12.8. The first kappa shape index (κ1) is 22.9. The average molecular weight is 416 g/mol. The number of nitrogens with one attached hydrogen (secondary N) is 1. The molecule has 158 valence electrons. The minimum Gasteiger partial charge on any atom is -0.463 e. The molecule has 0 amide bonds. The van der Waals surface area contributed by atoms with Crippen LogP contribution in [0.25, 0.3) is 0 Å². The lowest BCUT2D eigenvalue weighted by Crippen LogP contribution is -2.40. The Hall–Kier alpha value is -2.34. The van der Waals surface area contributed by atoms with Gasteiger partial charge in [-0.1, -0.05) is 55.5 Å². The Morgan fingerprint density at radius 2 is 1.34 bits per heavy atom. The van der Waals surface area contributed by atoms with Crippen LogP contribution in [0.4, 0.5) is 0 Å². The van der Waals surface area contributed by atoms with Gasteiger partial charge >= 0.3 is 11.9 Å². The molecule has 6 heteroatoms. The Morgan fingerprint density at radius 3 is 1.72 bits per heavy atom. The van der Waals surface area contributed by atoms with Crippen molar-refractivity contribution in [3.05, 3.63) is 52.4 Å². The largest absolute Gasteiger partial charge is 0.463 e. The fourth-order valence-electron chi connectivity index (χ4n) is 3.62. The van der Waals surface area contributed by atoms with Crippen molar-refractivity contribution < 1.29 is 19.1 Å². The summed E-state index contributed by atoms with van der Waals surface area (Å²) in [5, 5.41) is 4.52. The molecular formula is C23H33NO4Si. The van der Waals surface area contributed by atoms with E-state index in [9.17, 15) is 9.59 Å². The molecule has 0 spiro atoms. The van der Waals surface area contributed by atoms with E-state index in [2.05, 4.69) is 37.5 Å². The molecule has 1 heterocycles. The fraction of sp³-hybridized carbons (Fsp3) is 0.478. The van der Waals surface area contributed by atoms with Gasteiger partial charge in [0.1, 0.15) is 0 Å². The van der Waals surface area contributed by atoms with Crippen LogP contribution in [-0.2, 0) is 19.1 Å². The zero-order chi connectivity index (χ0) is 21.8. The summed E-state index contributed by atoms with van der Waals surface area (Å²) in [5.41, 5.74) is 3.21. The lowest BCUT2D eigenvalue weighted by Gasteiger charge is -2.31. The summed E-state index contributed by atoms with van der Waals surface area (Å²) >= 11 is 0. The summed E-state index contributed by atoms with van der Waals surface area (Å²) in [6.07, 6.45) is 0. The number of benzene rings is 1. The van der Waals surface area contributed by atoms with Gasteiger partial charge in [0.2, 0.25) is 0 Å². The van der Waals surface area contributed by atoms with Crippen molar-refractivity contribution in [2.75, 3.05) is 13.2 Å². The second-order valence-electron chi connectivity index (χ2n) is 7.94. The molecule has 1 aromatic carbocycles. The van der Waals surface area contributed by atoms with Crippen molar-refractivity contribution in [2.45, 2.75) is 59.7 Å². The predicted molar refractivity (Wildman–Crippen MR) is 119 cm³/mol. The molecule has 0 bridgehead atoms. The van der Waals surface area contributed by atoms with E-state index in [1.165, 1.54) is 5.19 Å². The maximum absolute atomic E-state index is 12.8. The van der Waals surface area contributed by atoms with Crippen LogP contribution in [0.15, 0.2) is 46.8 Å². The highest BCUT2D eigenvalue weighted by atomic mass is 28.3. The number of carbonyl (C=O) groups is 2. The van der Waals surface area contributed by atoms with E-state index < -0.39 is 25.9 Å². The smallest absolute Gasteiger partial charge is 0.336 e. The fourth-order valence-corrected chi connectivity index (χ4v) is 5.09. The van der Waals surface area contributed by atoms with Crippen LogP contribution < -0.4 is 10.5 Å². The van der Waals surface area contributed by atoms with Crippen LogP contribution in [0.2, 0.25) is 19.1 Å². The zero-order valence-corrected chi connectivity index (χ0v) is 19.6. The van der Waals surface area contributed by atoms with E-state index in [0.29, 0.717) is 22.5 Å². The van der Waals surface area contributed by atoms with Crippen molar-refractivity contribution >= 4 is 25.2 Å². The van der Waals surface area contributed by atoms with Crippen molar-refractivity contribution in [3.63, 3.8) is 0 Å². The van der Waals surface area contributed by atoms with E-state index in [-0.39, 0.29) is 13.2 Å².